The van der Waals surface area contributed by atoms with Crippen molar-refractivity contribution >= 4 is 5.91 Å². The van der Waals surface area contributed by atoms with Gasteiger partial charge in [0.25, 0.3) is 0 Å². The summed E-state index contributed by atoms with van der Waals surface area (Å²) in [7, 11) is 1.95. The SMILES string of the molecule is CC1CN(C)C(CCO)C(=O)N1Cc1ccccc1. The highest BCUT2D eigenvalue weighted by atomic mass is 16.3. The number of carbonyl (C=O) groups is 1. The Bertz CT molecular complexity index is 421. The Kier molecular flexibility index (Phi) is 4.56. The van der Waals surface area contributed by atoms with Crippen molar-refractivity contribution in [2.45, 2.75) is 32.0 Å². The predicted octanol–water partition coefficient (Wildman–Crippen LogP) is 1.10. The van der Waals surface area contributed by atoms with Crippen molar-refractivity contribution in [3.63, 3.8) is 0 Å². The van der Waals surface area contributed by atoms with E-state index < -0.39 is 0 Å². The number of aliphatic hydroxyl groups excluding tert-OH is 1. The largest absolute Gasteiger partial charge is 0.396 e. The van der Waals surface area contributed by atoms with Crippen molar-refractivity contribution in [1.82, 2.24) is 9.80 Å². The Labute approximate surface area is 114 Å². The average Bonchev–Trinajstić information content (AvgIpc) is 2.41. The third-order valence-corrected chi connectivity index (χ3v) is 3.78. The van der Waals surface area contributed by atoms with Gasteiger partial charge in [-0.2, -0.15) is 0 Å². The van der Waals surface area contributed by atoms with Crippen molar-refractivity contribution in [2.75, 3.05) is 20.2 Å². The summed E-state index contributed by atoms with van der Waals surface area (Å²) in [4.78, 5) is 16.5. The normalized spacial score (nSPS) is 24.8. The Balaban J connectivity index is 2.12. The molecule has 0 spiro atoms. The van der Waals surface area contributed by atoms with Crippen molar-refractivity contribution in [2.24, 2.45) is 0 Å². The lowest BCUT2D eigenvalue weighted by Gasteiger charge is -2.43. The van der Waals surface area contributed by atoms with Crippen LogP contribution in [0.15, 0.2) is 30.3 Å². The molecule has 1 aliphatic rings. The second-order valence-electron chi connectivity index (χ2n) is 5.27. The molecule has 19 heavy (non-hydrogen) atoms. The molecule has 1 aromatic rings. The molecule has 1 aliphatic heterocycles. The molecule has 1 saturated heterocycles. The number of rotatable bonds is 4. The first-order valence-corrected chi connectivity index (χ1v) is 6.79. The maximum atomic E-state index is 12.5. The van der Waals surface area contributed by atoms with Gasteiger partial charge in [-0.05, 0) is 26.0 Å². The summed E-state index contributed by atoms with van der Waals surface area (Å²) >= 11 is 0. The van der Waals surface area contributed by atoms with E-state index in [2.05, 4.69) is 6.92 Å². The van der Waals surface area contributed by atoms with E-state index in [1.54, 1.807) is 0 Å². The molecule has 2 rings (SSSR count). The molecule has 0 radical (unpaired) electrons. The van der Waals surface area contributed by atoms with Gasteiger partial charge in [-0.3, -0.25) is 9.69 Å². The smallest absolute Gasteiger partial charge is 0.240 e. The maximum absolute atomic E-state index is 12.5. The molecule has 2 atom stereocenters. The van der Waals surface area contributed by atoms with Gasteiger partial charge in [0.1, 0.15) is 0 Å². The van der Waals surface area contributed by atoms with E-state index in [9.17, 15) is 4.79 Å². The van der Waals surface area contributed by atoms with Gasteiger partial charge in [0.05, 0.1) is 6.04 Å². The highest BCUT2D eigenvalue weighted by Crippen LogP contribution is 2.20. The molecular formula is C15H22N2O2. The molecule has 0 aromatic heterocycles. The summed E-state index contributed by atoms with van der Waals surface area (Å²) in [5.41, 5.74) is 1.15. The van der Waals surface area contributed by atoms with Crippen molar-refractivity contribution in [1.29, 1.82) is 0 Å². The van der Waals surface area contributed by atoms with Crippen LogP contribution in [0.25, 0.3) is 0 Å². The fourth-order valence-corrected chi connectivity index (χ4v) is 2.72. The van der Waals surface area contributed by atoms with Gasteiger partial charge in [-0.15, -0.1) is 0 Å². The van der Waals surface area contributed by atoms with Crippen LogP contribution in [0.4, 0.5) is 0 Å². The van der Waals surface area contributed by atoms with E-state index in [1.807, 2.05) is 47.2 Å². The number of nitrogens with zero attached hydrogens (tertiary/aromatic N) is 2. The highest BCUT2D eigenvalue weighted by Gasteiger charge is 2.36. The lowest BCUT2D eigenvalue weighted by Crippen LogP contribution is -2.59. The fourth-order valence-electron chi connectivity index (χ4n) is 2.72. The molecule has 4 nitrogen and oxygen atoms in total. The summed E-state index contributed by atoms with van der Waals surface area (Å²) < 4.78 is 0. The fraction of sp³-hybridized carbons (Fsp3) is 0.533. The Morgan fingerprint density at radius 1 is 1.32 bits per heavy atom. The zero-order chi connectivity index (χ0) is 13.8. The van der Waals surface area contributed by atoms with Gasteiger partial charge in [-0.25, -0.2) is 0 Å². The highest BCUT2D eigenvalue weighted by molar-refractivity contribution is 5.83. The lowest BCUT2D eigenvalue weighted by molar-refractivity contribution is -0.146. The number of hydrogen-bond donors (Lipinski definition) is 1. The minimum absolute atomic E-state index is 0.0499. The lowest BCUT2D eigenvalue weighted by atomic mass is 10.0. The first-order valence-electron chi connectivity index (χ1n) is 6.79. The molecule has 2 unspecified atom stereocenters. The van der Waals surface area contributed by atoms with Gasteiger partial charge >= 0.3 is 0 Å². The van der Waals surface area contributed by atoms with Gasteiger partial charge in [-0.1, -0.05) is 30.3 Å². The van der Waals surface area contributed by atoms with Gasteiger partial charge in [0, 0.05) is 25.7 Å². The number of benzene rings is 1. The molecule has 1 fully saturated rings. The Morgan fingerprint density at radius 2 is 2.00 bits per heavy atom. The Hall–Kier alpha value is -1.39. The zero-order valence-corrected chi connectivity index (χ0v) is 11.6. The van der Waals surface area contributed by atoms with Gasteiger partial charge in [0.2, 0.25) is 5.91 Å². The maximum Gasteiger partial charge on any atom is 0.240 e. The minimum atomic E-state index is -0.190. The van der Waals surface area contributed by atoms with Gasteiger partial charge < -0.3 is 10.0 Å². The number of hydrogen-bond acceptors (Lipinski definition) is 3. The molecule has 1 amide bonds. The van der Waals surface area contributed by atoms with Crippen molar-refractivity contribution in [3.05, 3.63) is 35.9 Å². The van der Waals surface area contributed by atoms with E-state index in [1.165, 1.54) is 0 Å². The first-order chi connectivity index (χ1) is 9.13. The average molecular weight is 262 g/mol. The third kappa shape index (κ3) is 3.14. The molecule has 0 aliphatic carbocycles. The topological polar surface area (TPSA) is 43.8 Å². The van der Waals surface area contributed by atoms with Crippen LogP contribution in [-0.2, 0) is 11.3 Å². The summed E-state index contributed by atoms with van der Waals surface area (Å²) in [6, 6.07) is 10.1. The van der Waals surface area contributed by atoms with Crippen LogP contribution in [0, 0.1) is 0 Å². The van der Waals surface area contributed by atoms with E-state index in [0.29, 0.717) is 13.0 Å². The molecule has 4 heteroatoms. The number of likely N-dealkylation sites (N-methyl/N-ethyl adjacent to an activating group) is 1. The van der Waals surface area contributed by atoms with E-state index in [0.717, 1.165) is 12.1 Å². The van der Waals surface area contributed by atoms with E-state index in [4.69, 9.17) is 5.11 Å². The number of amides is 1. The molecular weight excluding hydrogens is 240 g/mol. The minimum Gasteiger partial charge on any atom is -0.396 e. The van der Waals surface area contributed by atoms with Crippen LogP contribution < -0.4 is 0 Å². The second-order valence-corrected chi connectivity index (χ2v) is 5.27. The van der Waals surface area contributed by atoms with Crippen LogP contribution in [0.5, 0.6) is 0 Å². The number of aliphatic hydroxyl groups is 1. The summed E-state index contributed by atoms with van der Waals surface area (Å²) in [5, 5.41) is 9.10. The standard InChI is InChI=1S/C15H22N2O2/c1-12-10-16(2)14(8-9-18)15(19)17(12)11-13-6-4-3-5-7-13/h3-7,12,14,18H,8-11H2,1-2H3. The molecule has 1 aromatic carbocycles. The number of carbonyl (C=O) groups excluding carboxylic acids is 1. The summed E-state index contributed by atoms with van der Waals surface area (Å²) in [6.07, 6.45) is 0.507. The monoisotopic (exact) mass is 262 g/mol. The number of piperazine rings is 1. The van der Waals surface area contributed by atoms with Crippen LogP contribution in [0.1, 0.15) is 18.9 Å². The Morgan fingerprint density at radius 3 is 2.63 bits per heavy atom. The molecule has 0 saturated carbocycles. The third-order valence-electron chi connectivity index (χ3n) is 3.78. The molecule has 104 valence electrons. The van der Waals surface area contributed by atoms with E-state index >= 15 is 0 Å². The van der Waals surface area contributed by atoms with Crippen LogP contribution in [0.3, 0.4) is 0 Å². The van der Waals surface area contributed by atoms with Crippen LogP contribution >= 0.6 is 0 Å². The summed E-state index contributed by atoms with van der Waals surface area (Å²) in [6.45, 7) is 3.63. The van der Waals surface area contributed by atoms with Crippen molar-refractivity contribution in [3.8, 4) is 0 Å². The zero-order valence-electron chi connectivity index (χ0n) is 11.6. The molecule has 0 bridgehead atoms. The quantitative estimate of drug-likeness (QED) is 0.883. The second kappa shape index (κ2) is 6.17. The van der Waals surface area contributed by atoms with Crippen LogP contribution in [0.2, 0.25) is 0 Å². The van der Waals surface area contributed by atoms with Crippen molar-refractivity contribution < 1.29 is 9.90 Å². The predicted molar refractivity (Wildman–Crippen MR) is 74.6 cm³/mol. The van der Waals surface area contributed by atoms with E-state index in [-0.39, 0.29) is 24.6 Å². The first kappa shape index (κ1) is 14.0. The molecule has 1 heterocycles. The summed E-state index contributed by atoms with van der Waals surface area (Å²) in [5.74, 6) is 0.124. The molecule has 1 N–H and O–H groups in total. The van der Waals surface area contributed by atoms with Crippen LogP contribution in [-0.4, -0.2) is 53.1 Å². The van der Waals surface area contributed by atoms with Gasteiger partial charge in [0.15, 0.2) is 0 Å².